The molecule has 12 heteroatoms. The van der Waals surface area contributed by atoms with E-state index in [-0.39, 0.29) is 43.6 Å². The Kier molecular flexibility index (Phi) is 8.47. The zero-order valence-electron chi connectivity index (χ0n) is 22.1. The molecule has 1 aromatic heterocycles. The number of benzene rings is 3. The molecule has 1 unspecified atom stereocenters. The Labute approximate surface area is 251 Å². The van der Waals surface area contributed by atoms with Crippen molar-refractivity contribution in [1.29, 1.82) is 0 Å². The number of piperazine rings is 1. The molecular weight excluding hydrogens is 576 g/mol. The number of nitrogens with two attached hydrogens (primary N) is 1. The van der Waals surface area contributed by atoms with Crippen LogP contribution < -0.4 is 16.4 Å². The highest BCUT2D eigenvalue weighted by atomic mass is 35.5. The maximum Gasteiger partial charge on any atom is 0.253 e. The Morgan fingerprint density at radius 1 is 1.05 bits per heavy atom. The second-order valence-electron chi connectivity index (χ2n) is 9.88. The highest BCUT2D eigenvalue weighted by Gasteiger charge is 2.28. The van der Waals surface area contributed by atoms with Crippen molar-refractivity contribution in [3.05, 3.63) is 106 Å². The van der Waals surface area contributed by atoms with E-state index in [2.05, 4.69) is 20.6 Å². The number of fused-ring (bicyclic) bond motifs is 3. The average molecular weight is 604 g/mol. The van der Waals surface area contributed by atoms with Crippen LogP contribution in [0.5, 0.6) is 0 Å². The number of rotatable bonds is 5. The number of nitrogens with zero attached hydrogens (tertiary/aromatic N) is 4. The molecule has 1 fully saturated rings. The van der Waals surface area contributed by atoms with E-state index in [4.69, 9.17) is 22.3 Å². The lowest BCUT2D eigenvalue weighted by molar-refractivity contribution is -0.120. The predicted molar refractivity (Wildman–Crippen MR) is 162 cm³/mol. The molecule has 220 valence electrons. The number of primary amides is 1. The molecule has 2 aliphatic heterocycles. The van der Waals surface area contributed by atoms with Gasteiger partial charge in [0.15, 0.2) is 0 Å². The average Bonchev–Trinajstić information content (AvgIpc) is 3.14. The molecule has 1 atom stereocenters. The fourth-order valence-electron chi connectivity index (χ4n) is 5.05. The Bertz CT molecular complexity index is 1730. The molecule has 4 N–H and O–H groups in total. The van der Waals surface area contributed by atoms with Crippen molar-refractivity contribution in [2.45, 2.75) is 20.0 Å². The van der Waals surface area contributed by atoms with Gasteiger partial charge in [0.05, 0.1) is 23.5 Å². The third kappa shape index (κ3) is 5.95. The Balaban J connectivity index is 0.00000368. The first kappa shape index (κ1) is 29.7. The van der Waals surface area contributed by atoms with E-state index < -0.39 is 23.6 Å². The molecule has 0 radical (unpaired) electrons. The molecule has 4 aromatic rings. The first-order valence-electron chi connectivity index (χ1n) is 13.1. The molecule has 1 saturated heterocycles. The number of nitrogens with one attached hydrogen (secondary N) is 2. The first-order chi connectivity index (χ1) is 20.3. The number of hydrogen-bond donors (Lipinski definition) is 3. The summed E-state index contributed by atoms with van der Waals surface area (Å²) in [4.78, 5) is 39.8. The standard InChI is InChI=1S/C30H24ClF2N7O2.CH4/c31-18-6-9-20-21(12-18)27(25-22(32)2-1-3-23(25)33)36-13-17-14-37-30(39-26(17)20)38-19-7-4-16(5-8-19)29(42)40-11-10-35-24(15-40)28(34)41;/h1-9,12,14,24,35H,10-11,13,15H2,(H2,34,41)(H,37,38,39);1H4. The highest BCUT2D eigenvalue weighted by Crippen LogP contribution is 2.34. The van der Waals surface area contributed by atoms with Crippen molar-refractivity contribution >= 4 is 40.8 Å². The van der Waals surface area contributed by atoms with Gasteiger partial charge in [0.25, 0.3) is 5.91 Å². The molecule has 3 aromatic carbocycles. The maximum atomic E-state index is 14.8. The SMILES string of the molecule is C.NC(=O)C1CN(C(=O)c2ccc(Nc3ncc4c(n3)-c3ccc(Cl)cc3C(c3c(F)cccc3F)=NC4)cc2)CCN1. The van der Waals surface area contributed by atoms with Crippen LogP contribution in [0.3, 0.4) is 0 Å². The predicted octanol–water partition coefficient (Wildman–Crippen LogP) is 4.71. The van der Waals surface area contributed by atoms with Crippen LogP contribution >= 0.6 is 11.6 Å². The minimum Gasteiger partial charge on any atom is -0.368 e. The van der Waals surface area contributed by atoms with Gasteiger partial charge in [-0.25, -0.2) is 18.7 Å². The number of anilines is 2. The van der Waals surface area contributed by atoms with Gasteiger partial charge in [-0.3, -0.25) is 14.6 Å². The van der Waals surface area contributed by atoms with Crippen LogP contribution in [0.1, 0.15) is 34.5 Å². The lowest BCUT2D eigenvalue weighted by Crippen LogP contribution is -2.57. The molecule has 2 amide bonds. The van der Waals surface area contributed by atoms with Crippen LogP contribution in [0.2, 0.25) is 5.02 Å². The zero-order chi connectivity index (χ0) is 29.4. The second-order valence-corrected chi connectivity index (χ2v) is 10.3. The molecule has 9 nitrogen and oxygen atoms in total. The van der Waals surface area contributed by atoms with Crippen LogP contribution in [-0.2, 0) is 11.3 Å². The van der Waals surface area contributed by atoms with Gasteiger partial charge in [0.1, 0.15) is 17.7 Å². The summed E-state index contributed by atoms with van der Waals surface area (Å²) in [5.74, 6) is -1.88. The van der Waals surface area contributed by atoms with E-state index in [1.54, 1.807) is 53.6 Å². The molecule has 0 bridgehead atoms. The third-order valence-corrected chi connectivity index (χ3v) is 7.39. The van der Waals surface area contributed by atoms with Gasteiger partial charge in [0, 0.05) is 58.8 Å². The van der Waals surface area contributed by atoms with Crippen LogP contribution in [0.4, 0.5) is 20.4 Å². The molecule has 6 rings (SSSR count). The fraction of sp³-hybridized carbons (Fsp3) is 0.194. The van der Waals surface area contributed by atoms with Crippen molar-refractivity contribution in [2.24, 2.45) is 10.7 Å². The van der Waals surface area contributed by atoms with E-state index in [0.717, 1.165) is 0 Å². The smallest absolute Gasteiger partial charge is 0.253 e. The van der Waals surface area contributed by atoms with Crippen LogP contribution in [0.15, 0.2) is 71.9 Å². The van der Waals surface area contributed by atoms with Crippen LogP contribution in [0.25, 0.3) is 11.3 Å². The number of amides is 2. The van der Waals surface area contributed by atoms with Gasteiger partial charge in [-0.2, -0.15) is 0 Å². The summed E-state index contributed by atoms with van der Waals surface area (Å²) in [6.45, 7) is 1.25. The van der Waals surface area contributed by atoms with Gasteiger partial charge < -0.3 is 21.3 Å². The lowest BCUT2D eigenvalue weighted by atomic mass is 9.95. The van der Waals surface area contributed by atoms with Crippen molar-refractivity contribution in [3.63, 3.8) is 0 Å². The summed E-state index contributed by atoms with van der Waals surface area (Å²) >= 11 is 6.30. The minimum absolute atomic E-state index is 0. The number of carbonyl (C=O) groups excluding carboxylic acids is 2. The van der Waals surface area contributed by atoms with E-state index in [9.17, 15) is 18.4 Å². The fourth-order valence-corrected chi connectivity index (χ4v) is 5.23. The molecule has 2 aliphatic rings. The second kappa shape index (κ2) is 12.2. The highest BCUT2D eigenvalue weighted by molar-refractivity contribution is 6.31. The van der Waals surface area contributed by atoms with Crippen molar-refractivity contribution in [1.82, 2.24) is 20.2 Å². The number of aliphatic imine (C=N–C) groups is 1. The zero-order valence-corrected chi connectivity index (χ0v) is 22.8. The van der Waals surface area contributed by atoms with E-state index in [1.165, 1.54) is 18.2 Å². The largest absolute Gasteiger partial charge is 0.368 e. The Hall–Kier alpha value is -4.74. The lowest BCUT2D eigenvalue weighted by Gasteiger charge is -2.32. The summed E-state index contributed by atoms with van der Waals surface area (Å²) in [5.41, 5.74) is 8.66. The molecule has 3 heterocycles. The molecule has 0 saturated carbocycles. The number of halogens is 3. The Morgan fingerprint density at radius 3 is 2.51 bits per heavy atom. The monoisotopic (exact) mass is 603 g/mol. The van der Waals surface area contributed by atoms with Crippen LogP contribution in [-0.4, -0.2) is 58.1 Å². The van der Waals surface area contributed by atoms with Gasteiger partial charge in [-0.05, 0) is 48.5 Å². The first-order valence-corrected chi connectivity index (χ1v) is 13.5. The van der Waals surface area contributed by atoms with Crippen LogP contribution in [0, 0.1) is 11.6 Å². The molecule has 0 spiro atoms. The van der Waals surface area contributed by atoms with Gasteiger partial charge >= 0.3 is 0 Å². The normalized spacial score (nSPS) is 15.7. The molecule has 43 heavy (non-hydrogen) atoms. The van der Waals surface area contributed by atoms with Gasteiger partial charge in [-0.1, -0.05) is 31.2 Å². The minimum atomic E-state index is -0.731. The molecular formula is C31H28ClF2N7O2. The quantitative estimate of drug-likeness (QED) is 0.304. The summed E-state index contributed by atoms with van der Waals surface area (Å²) in [6, 6.07) is 14.9. The van der Waals surface area contributed by atoms with Gasteiger partial charge in [-0.15, -0.1) is 0 Å². The van der Waals surface area contributed by atoms with E-state index >= 15 is 0 Å². The van der Waals surface area contributed by atoms with Crippen molar-refractivity contribution < 1.29 is 18.4 Å². The van der Waals surface area contributed by atoms with Gasteiger partial charge in [0.2, 0.25) is 11.9 Å². The van der Waals surface area contributed by atoms with E-state index in [1.807, 2.05) is 0 Å². The Morgan fingerprint density at radius 2 is 1.79 bits per heavy atom. The number of aromatic nitrogens is 2. The summed E-state index contributed by atoms with van der Waals surface area (Å²) in [5, 5.41) is 6.53. The summed E-state index contributed by atoms with van der Waals surface area (Å²) in [7, 11) is 0. The van der Waals surface area contributed by atoms with E-state index in [0.29, 0.717) is 51.7 Å². The van der Waals surface area contributed by atoms with Crippen molar-refractivity contribution in [2.75, 3.05) is 25.0 Å². The van der Waals surface area contributed by atoms with Crippen molar-refractivity contribution in [3.8, 4) is 11.3 Å². The number of carbonyl (C=O) groups is 2. The maximum absolute atomic E-state index is 14.8. The third-order valence-electron chi connectivity index (χ3n) is 7.16. The summed E-state index contributed by atoms with van der Waals surface area (Å²) < 4.78 is 29.6. The topological polar surface area (TPSA) is 126 Å². The molecule has 0 aliphatic carbocycles. The summed E-state index contributed by atoms with van der Waals surface area (Å²) in [6.07, 6.45) is 1.62. The number of hydrogen-bond acceptors (Lipinski definition) is 7.